The van der Waals surface area contributed by atoms with Gasteiger partial charge in [0.15, 0.2) is 0 Å². The Morgan fingerprint density at radius 2 is 1.93 bits per heavy atom. The van der Waals surface area contributed by atoms with Crippen molar-refractivity contribution in [3.8, 4) is 0 Å². The molecule has 0 saturated carbocycles. The predicted octanol–water partition coefficient (Wildman–Crippen LogP) is -0.197. The van der Waals surface area contributed by atoms with Gasteiger partial charge in [-0.25, -0.2) is 14.6 Å². The first kappa shape index (κ1) is 10.6. The fourth-order valence-corrected chi connectivity index (χ4v) is 0.802. The highest BCUT2D eigenvalue weighted by Crippen LogP contribution is 2.06. The zero-order chi connectivity index (χ0) is 11.4. The van der Waals surface area contributed by atoms with E-state index in [0.717, 1.165) is 12.3 Å². The Balaban J connectivity index is 2.87. The number of nitrogens with one attached hydrogen (secondary N) is 1. The number of hydrogen-bond donors (Lipinski definition) is 3. The molecule has 1 aromatic rings. The highest BCUT2D eigenvalue weighted by Gasteiger charge is 2.12. The number of amides is 1. The normalized spacial score (nSPS) is 9.33. The maximum absolute atomic E-state index is 10.7. The van der Waals surface area contributed by atoms with Gasteiger partial charge in [0.1, 0.15) is 5.82 Å². The number of rotatable bonds is 2. The third kappa shape index (κ3) is 2.76. The number of hydrogen-bond acceptors (Lipinski definition) is 4. The van der Waals surface area contributed by atoms with E-state index in [9.17, 15) is 14.4 Å². The minimum atomic E-state index is -1.67. The van der Waals surface area contributed by atoms with Crippen LogP contribution < -0.4 is 5.32 Å². The molecule has 0 bridgehead atoms. The Kier molecular flexibility index (Phi) is 2.97. The van der Waals surface area contributed by atoms with Gasteiger partial charge in [0.25, 0.3) is 0 Å². The predicted molar refractivity (Wildman–Crippen MR) is 47.5 cm³/mol. The number of aromatic carboxylic acids is 1. The zero-order valence-electron chi connectivity index (χ0n) is 7.30. The highest BCUT2D eigenvalue weighted by molar-refractivity contribution is 6.36. The van der Waals surface area contributed by atoms with E-state index < -0.39 is 17.8 Å². The van der Waals surface area contributed by atoms with Gasteiger partial charge in [-0.15, -0.1) is 0 Å². The van der Waals surface area contributed by atoms with Crippen LogP contribution in [0.4, 0.5) is 5.82 Å². The molecule has 0 radical (unpaired) electrons. The van der Waals surface area contributed by atoms with Crippen molar-refractivity contribution < 1.29 is 24.6 Å². The molecular formula is C8H6N2O5. The average molecular weight is 210 g/mol. The van der Waals surface area contributed by atoms with Crippen molar-refractivity contribution >= 4 is 23.7 Å². The molecule has 0 fully saturated rings. The standard InChI is InChI=1S/C8H6N2O5/c11-6(8(14)15)10-5-3-4(7(12)13)1-2-9-5/h1-3H,(H,12,13)(H,14,15)(H,9,10,11). The van der Waals surface area contributed by atoms with E-state index in [0.29, 0.717) is 0 Å². The lowest BCUT2D eigenvalue weighted by atomic mass is 10.2. The van der Waals surface area contributed by atoms with Crippen LogP contribution in [-0.2, 0) is 9.59 Å². The maximum atomic E-state index is 10.7. The van der Waals surface area contributed by atoms with E-state index in [4.69, 9.17) is 10.2 Å². The van der Waals surface area contributed by atoms with Crippen LogP contribution in [0.25, 0.3) is 0 Å². The number of nitrogens with zero attached hydrogens (tertiary/aromatic N) is 1. The number of carboxylic acid groups (broad SMARTS) is 2. The van der Waals surface area contributed by atoms with Crippen LogP contribution in [0, 0.1) is 0 Å². The zero-order valence-corrected chi connectivity index (χ0v) is 7.30. The molecule has 15 heavy (non-hydrogen) atoms. The molecule has 1 heterocycles. The Labute approximate surface area is 83.4 Å². The highest BCUT2D eigenvalue weighted by atomic mass is 16.4. The van der Waals surface area contributed by atoms with Crippen LogP contribution in [0.2, 0.25) is 0 Å². The van der Waals surface area contributed by atoms with E-state index >= 15 is 0 Å². The number of carbonyl (C=O) groups excluding carboxylic acids is 1. The fourth-order valence-electron chi connectivity index (χ4n) is 0.802. The molecule has 0 spiro atoms. The third-order valence-corrected chi connectivity index (χ3v) is 1.44. The van der Waals surface area contributed by atoms with E-state index in [1.807, 2.05) is 5.32 Å². The summed E-state index contributed by atoms with van der Waals surface area (Å²) in [4.78, 5) is 35.0. The molecule has 0 aliphatic rings. The van der Waals surface area contributed by atoms with E-state index in [2.05, 4.69) is 4.98 Å². The van der Waals surface area contributed by atoms with Crippen molar-refractivity contribution in [2.45, 2.75) is 0 Å². The molecule has 0 aliphatic carbocycles. The Bertz CT molecular complexity index is 429. The van der Waals surface area contributed by atoms with Crippen LogP contribution in [0.5, 0.6) is 0 Å². The summed E-state index contributed by atoms with van der Waals surface area (Å²) in [5, 5.41) is 18.8. The molecule has 7 nitrogen and oxygen atoms in total. The minimum absolute atomic E-state index is 0.0920. The Hall–Kier alpha value is -2.44. The van der Waals surface area contributed by atoms with E-state index in [1.165, 1.54) is 6.07 Å². The van der Waals surface area contributed by atoms with Crippen molar-refractivity contribution in [2.75, 3.05) is 5.32 Å². The first-order valence-corrected chi connectivity index (χ1v) is 3.74. The molecule has 78 valence electrons. The molecule has 1 rings (SSSR count). The van der Waals surface area contributed by atoms with Crippen molar-refractivity contribution in [1.29, 1.82) is 0 Å². The summed E-state index contributed by atoms with van der Waals surface area (Å²) in [6.45, 7) is 0. The van der Waals surface area contributed by atoms with Gasteiger partial charge in [-0.3, -0.25) is 4.79 Å². The second kappa shape index (κ2) is 4.18. The summed E-state index contributed by atoms with van der Waals surface area (Å²) >= 11 is 0. The van der Waals surface area contributed by atoms with E-state index in [1.54, 1.807) is 0 Å². The summed E-state index contributed by atoms with van der Waals surface area (Å²) < 4.78 is 0. The molecule has 3 N–H and O–H groups in total. The van der Waals surface area contributed by atoms with Crippen molar-refractivity contribution in [3.05, 3.63) is 23.9 Å². The second-order valence-corrected chi connectivity index (χ2v) is 2.49. The summed E-state index contributed by atoms with van der Waals surface area (Å²) in [7, 11) is 0. The quantitative estimate of drug-likeness (QED) is 0.582. The van der Waals surface area contributed by atoms with Crippen LogP contribution in [0.1, 0.15) is 10.4 Å². The van der Waals surface area contributed by atoms with Gasteiger partial charge in [0.2, 0.25) is 0 Å². The van der Waals surface area contributed by atoms with Gasteiger partial charge in [0.05, 0.1) is 5.56 Å². The molecule has 1 aromatic heterocycles. The number of carboxylic acids is 2. The van der Waals surface area contributed by atoms with Gasteiger partial charge in [-0.1, -0.05) is 0 Å². The second-order valence-electron chi connectivity index (χ2n) is 2.49. The third-order valence-electron chi connectivity index (χ3n) is 1.44. The van der Waals surface area contributed by atoms with Crippen molar-refractivity contribution in [2.24, 2.45) is 0 Å². The lowest BCUT2D eigenvalue weighted by Gasteiger charge is -2.01. The molecule has 0 aliphatic heterocycles. The fraction of sp³-hybridized carbons (Fsp3) is 0. The maximum Gasteiger partial charge on any atom is 0.394 e. The number of anilines is 1. The smallest absolute Gasteiger partial charge is 0.394 e. The largest absolute Gasteiger partial charge is 0.478 e. The van der Waals surface area contributed by atoms with Crippen LogP contribution in [0.3, 0.4) is 0 Å². The van der Waals surface area contributed by atoms with Gasteiger partial charge in [-0.05, 0) is 12.1 Å². The van der Waals surface area contributed by atoms with Crippen molar-refractivity contribution in [1.82, 2.24) is 4.98 Å². The lowest BCUT2D eigenvalue weighted by molar-refractivity contribution is -0.147. The number of aliphatic carboxylic acids is 1. The lowest BCUT2D eigenvalue weighted by Crippen LogP contribution is -2.22. The van der Waals surface area contributed by atoms with E-state index in [-0.39, 0.29) is 11.4 Å². The summed E-state index contributed by atoms with van der Waals surface area (Å²) in [6, 6.07) is 2.28. The summed E-state index contributed by atoms with van der Waals surface area (Å²) in [5.74, 6) is -4.26. The van der Waals surface area contributed by atoms with Crippen molar-refractivity contribution in [3.63, 3.8) is 0 Å². The molecule has 7 heteroatoms. The molecule has 0 saturated heterocycles. The molecule has 1 amide bonds. The first-order valence-electron chi connectivity index (χ1n) is 3.74. The average Bonchev–Trinajstić information content (AvgIpc) is 2.18. The number of pyridine rings is 1. The van der Waals surface area contributed by atoms with Crippen LogP contribution in [0.15, 0.2) is 18.3 Å². The van der Waals surface area contributed by atoms with Gasteiger partial charge in [-0.2, -0.15) is 0 Å². The van der Waals surface area contributed by atoms with Crippen LogP contribution in [-0.4, -0.2) is 33.0 Å². The van der Waals surface area contributed by atoms with Gasteiger partial charge in [0, 0.05) is 6.20 Å². The minimum Gasteiger partial charge on any atom is -0.478 e. The molecule has 0 atom stereocenters. The summed E-state index contributed by atoms with van der Waals surface area (Å²) in [6.07, 6.45) is 1.15. The van der Waals surface area contributed by atoms with Gasteiger partial charge < -0.3 is 15.5 Å². The Morgan fingerprint density at radius 1 is 1.27 bits per heavy atom. The monoisotopic (exact) mass is 210 g/mol. The topological polar surface area (TPSA) is 117 Å². The number of aromatic nitrogens is 1. The first-order chi connectivity index (χ1) is 7.00. The summed E-state index contributed by atoms with van der Waals surface area (Å²) in [5.41, 5.74) is -0.0920. The molecular weight excluding hydrogens is 204 g/mol. The molecule has 0 unspecified atom stereocenters. The van der Waals surface area contributed by atoms with Gasteiger partial charge >= 0.3 is 17.8 Å². The molecule has 0 aromatic carbocycles. The number of carbonyl (C=O) groups is 3. The van der Waals surface area contributed by atoms with Crippen LogP contribution >= 0.6 is 0 Å². The Morgan fingerprint density at radius 3 is 2.47 bits per heavy atom. The SMILES string of the molecule is O=C(O)C(=O)Nc1cc(C(=O)O)ccn1.